The van der Waals surface area contributed by atoms with Gasteiger partial charge in [-0.25, -0.2) is 14.3 Å². The maximum absolute atomic E-state index is 14.7. The molecular weight excluding hydrogens is 481 g/mol. The molecule has 1 aromatic heterocycles. The number of amides is 3. The normalized spacial score (nSPS) is 20.2. The summed E-state index contributed by atoms with van der Waals surface area (Å²) in [7, 11) is 0. The zero-order valence-corrected chi connectivity index (χ0v) is 21.3. The second-order valence-corrected chi connectivity index (χ2v) is 9.99. The van der Waals surface area contributed by atoms with Crippen molar-refractivity contribution in [3.05, 3.63) is 62.3 Å². The van der Waals surface area contributed by atoms with E-state index in [1.54, 1.807) is 31.7 Å². The SMILES string of the molecule is Cc1c(Cc2ccc(F)c(C(=O)N3CCN(C(=O)C4(C)CCCCN4C(=O)O)CC3)c2)n[nH]c(=O)c1C. The second-order valence-electron chi connectivity index (χ2n) is 9.99. The molecule has 0 saturated carbocycles. The highest BCUT2D eigenvalue weighted by molar-refractivity contribution is 5.95. The Bertz CT molecular complexity index is 1290. The fraction of sp³-hybridized carbons (Fsp3) is 0.500. The molecule has 4 rings (SSSR count). The number of halogens is 1. The summed E-state index contributed by atoms with van der Waals surface area (Å²) in [6, 6.07) is 4.34. The van der Waals surface area contributed by atoms with Crippen LogP contribution in [0.4, 0.5) is 9.18 Å². The minimum Gasteiger partial charge on any atom is -0.465 e. The number of piperazine rings is 1. The third-order valence-corrected chi connectivity index (χ3v) is 7.70. The van der Waals surface area contributed by atoms with Crippen molar-refractivity contribution in [3.63, 3.8) is 0 Å². The van der Waals surface area contributed by atoms with Crippen LogP contribution in [-0.4, -0.2) is 86.2 Å². The van der Waals surface area contributed by atoms with Gasteiger partial charge in [-0.3, -0.25) is 19.3 Å². The molecule has 2 saturated heterocycles. The van der Waals surface area contributed by atoms with E-state index in [1.165, 1.54) is 21.9 Å². The molecule has 2 aliphatic heterocycles. The Balaban J connectivity index is 1.45. The number of piperidine rings is 1. The largest absolute Gasteiger partial charge is 0.465 e. The third-order valence-electron chi connectivity index (χ3n) is 7.70. The molecule has 198 valence electrons. The van der Waals surface area contributed by atoms with Gasteiger partial charge < -0.3 is 14.9 Å². The van der Waals surface area contributed by atoms with E-state index in [0.717, 1.165) is 18.4 Å². The number of rotatable bonds is 4. The number of aromatic amines is 1. The maximum atomic E-state index is 14.7. The van der Waals surface area contributed by atoms with Crippen molar-refractivity contribution in [1.82, 2.24) is 24.9 Å². The minimum atomic E-state index is -1.12. The molecule has 3 heterocycles. The van der Waals surface area contributed by atoms with Crippen LogP contribution in [-0.2, 0) is 11.2 Å². The Morgan fingerprint density at radius 1 is 1.05 bits per heavy atom. The van der Waals surface area contributed by atoms with Gasteiger partial charge in [0.1, 0.15) is 11.4 Å². The average Bonchev–Trinajstić information content (AvgIpc) is 2.89. The van der Waals surface area contributed by atoms with Crippen LogP contribution in [0.5, 0.6) is 0 Å². The smallest absolute Gasteiger partial charge is 0.408 e. The molecule has 0 radical (unpaired) electrons. The molecule has 2 aliphatic rings. The Morgan fingerprint density at radius 2 is 1.73 bits per heavy atom. The molecule has 10 nitrogen and oxygen atoms in total. The van der Waals surface area contributed by atoms with Crippen LogP contribution in [0.15, 0.2) is 23.0 Å². The molecule has 2 aromatic rings. The van der Waals surface area contributed by atoms with Crippen LogP contribution < -0.4 is 5.56 Å². The van der Waals surface area contributed by atoms with E-state index >= 15 is 0 Å². The number of aromatic nitrogens is 2. The molecule has 0 spiro atoms. The van der Waals surface area contributed by atoms with Crippen molar-refractivity contribution in [2.75, 3.05) is 32.7 Å². The monoisotopic (exact) mass is 513 g/mol. The maximum Gasteiger partial charge on any atom is 0.408 e. The third kappa shape index (κ3) is 5.07. The number of benzene rings is 1. The predicted octanol–water partition coefficient (Wildman–Crippen LogP) is 2.32. The second kappa shape index (κ2) is 10.3. The lowest BCUT2D eigenvalue weighted by Crippen LogP contribution is -2.63. The summed E-state index contributed by atoms with van der Waals surface area (Å²) in [5.41, 5.74) is 1.18. The predicted molar refractivity (Wildman–Crippen MR) is 133 cm³/mol. The molecule has 2 fully saturated rings. The highest BCUT2D eigenvalue weighted by Crippen LogP contribution is 2.30. The van der Waals surface area contributed by atoms with E-state index in [-0.39, 0.29) is 43.2 Å². The summed E-state index contributed by atoms with van der Waals surface area (Å²) in [6.45, 7) is 6.42. The van der Waals surface area contributed by atoms with Gasteiger partial charge in [0.15, 0.2) is 0 Å². The van der Waals surface area contributed by atoms with Crippen LogP contribution in [0, 0.1) is 19.7 Å². The Morgan fingerprint density at radius 3 is 2.41 bits per heavy atom. The molecule has 1 atom stereocenters. The Hall–Kier alpha value is -3.76. The Labute approximate surface area is 214 Å². The van der Waals surface area contributed by atoms with Gasteiger partial charge in [-0.1, -0.05) is 6.07 Å². The molecular formula is C26H32FN5O5. The molecule has 0 aliphatic carbocycles. The van der Waals surface area contributed by atoms with Gasteiger partial charge in [0.25, 0.3) is 11.5 Å². The van der Waals surface area contributed by atoms with E-state index in [4.69, 9.17) is 0 Å². The van der Waals surface area contributed by atoms with E-state index in [2.05, 4.69) is 10.2 Å². The number of nitrogens with zero attached hydrogens (tertiary/aromatic N) is 4. The summed E-state index contributed by atoms with van der Waals surface area (Å²) in [4.78, 5) is 54.3. The molecule has 2 N–H and O–H groups in total. The standard InChI is InChI=1S/C26H32FN5O5/c1-16-17(2)22(33)29-28-21(16)15-18-6-7-20(27)19(14-18)23(34)30-10-12-31(13-11-30)24(35)26(3)8-4-5-9-32(26)25(36)37/h6-7,14H,4-5,8-13,15H2,1-3H3,(H,29,33)(H,36,37). The lowest BCUT2D eigenvalue weighted by molar-refractivity contribution is -0.146. The molecule has 37 heavy (non-hydrogen) atoms. The van der Waals surface area contributed by atoms with Gasteiger partial charge in [0.05, 0.1) is 11.3 Å². The van der Waals surface area contributed by atoms with Crippen LogP contribution in [0.3, 0.4) is 0 Å². The fourth-order valence-electron chi connectivity index (χ4n) is 5.16. The molecule has 11 heteroatoms. The van der Waals surface area contributed by atoms with E-state index in [9.17, 15) is 28.7 Å². The molecule has 0 bridgehead atoms. The van der Waals surface area contributed by atoms with Gasteiger partial charge in [-0.2, -0.15) is 5.10 Å². The number of likely N-dealkylation sites (tertiary alicyclic amines) is 1. The van der Waals surface area contributed by atoms with Crippen LogP contribution in [0.2, 0.25) is 0 Å². The van der Waals surface area contributed by atoms with Gasteiger partial charge >= 0.3 is 6.09 Å². The topological polar surface area (TPSA) is 127 Å². The number of carbonyl (C=O) groups is 3. The van der Waals surface area contributed by atoms with Gasteiger partial charge in [0, 0.05) is 44.7 Å². The summed E-state index contributed by atoms with van der Waals surface area (Å²) in [6.07, 6.45) is 1.17. The van der Waals surface area contributed by atoms with Crippen molar-refractivity contribution in [1.29, 1.82) is 0 Å². The van der Waals surface area contributed by atoms with Gasteiger partial charge in [-0.15, -0.1) is 0 Å². The first-order valence-corrected chi connectivity index (χ1v) is 12.5. The number of nitrogens with one attached hydrogen (secondary N) is 1. The zero-order chi connectivity index (χ0) is 26.9. The summed E-state index contributed by atoms with van der Waals surface area (Å²) < 4.78 is 14.7. The molecule has 3 amide bonds. The van der Waals surface area contributed by atoms with Crippen molar-refractivity contribution < 1.29 is 23.9 Å². The summed E-state index contributed by atoms with van der Waals surface area (Å²) >= 11 is 0. The van der Waals surface area contributed by atoms with Crippen molar-refractivity contribution in [3.8, 4) is 0 Å². The highest BCUT2D eigenvalue weighted by atomic mass is 19.1. The lowest BCUT2D eigenvalue weighted by Gasteiger charge is -2.46. The first kappa shape index (κ1) is 26.3. The molecule has 1 unspecified atom stereocenters. The Kier molecular flexibility index (Phi) is 7.33. The van der Waals surface area contributed by atoms with Gasteiger partial charge in [-0.05, 0) is 63.3 Å². The lowest BCUT2D eigenvalue weighted by atomic mass is 9.87. The van der Waals surface area contributed by atoms with Crippen molar-refractivity contribution in [2.24, 2.45) is 0 Å². The number of hydrogen-bond donors (Lipinski definition) is 2. The average molecular weight is 514 g/mol. The number of carbonyl (C=O) groups excluding carboxylic acids is 2. The van der Waals surface area contributed by atoms with E-state index in [1.807, 2.05) is 0 Å². The quantitative estimate of drug-likeness (QED) is 0.646. The van der Waals surface area contributed by atoms with Crippen LogP contribution in [0.1, 0.15) is 58.9 Å². The van der Waals surface area contributed by atoms with Crippen LogP contribution >= 0.6 is 0 Å². The number of hydrogen-bond acceptors (Lipinski definition) is 5. The zero-order valence-electron chi connectivity index (χ0n) is 21.3. The molecule has 1 aromatic carbocycles. The first-order chi connectivity index (χ1) is 17.5. The first-order valence-electron chi connectivity index (χ1n) is 12.5. The van der Waals surface area contributed by atoms with Gasteiger partial charge in [0.2, 0.25) is 5.91 Å². The number of carboxylic acid groups (broad SMARTS) is 1. The fourth-order valence-corrected chi connectivity index (χ4v) is 5.16. The summed E-state index contributed by atoms with van der Waals surface area (Å²) in [5, 5.41) is 16.1. The summed E-state index contributed by atoms with van der Waals surface area (Å²) in [5.74, 6) is -1.36. The minimum absolute atomic E-state index is 0.0626. The van der Waals surface area contributed by atoms with Crippen molar-refractivity contribution in [2.45, 2.75) is 52.0 Å². The van der Waals surface area contributed by atoms with E-state index in [0.29, 0.717) is 36.2 Å². The van der Waals surface area contributed by atoms with E-state index < -0.39 is 23.4 Å². The highest BCUT2D eigenvalue weighted by Gasteiger charge is 2.46. The number of H-pyrrole nitrogens is 1. The van der Waals surface area contributed by atoms with Crippen LogP contribution in [0.25, 0.3) is 0 Å². The van der Waals surface area contributed by atoms with Crippen molar-refractivity contribution >= 4 is 17.9 Å².